The van der Waals surface area contributed by atoms with Crippen molar-refractivity contribution in [2.24, 2.45) is 5.92 Å². The summed E-state index contributed by atoms with van der Waals surface area (Å²) in [5.41, 5.74) is -0.101. The van der Waals surface area contributed by atoms with E-state index in [-0.39, 0.29) is 18.9 Å². The number of hydrogen-bond acceptors (Lipinski definition) is 4. The summed E-state index contributed by atoms with van der Waals surface area (Å²) in [5.74, 6) is -24.9. The minimum Gasteiger partial charge on any atom is -0.462 e. The number of anilines is 1. The lowest BCUT2D eigenvalue weighted by Crippen LogP contribution is -2.64. The van der Waals surface area contributed by atoms with Gasteiger partial charge in [0.15, 0.2) is 0 Å². The number of esters is 1. The van der Waals surface area contributed by atoms with Gasteiger partial charge in [0.2, 0.25) is 0 Å². The van der Waals surface area contributed by atoms with E-state index in [1.54, 1.807) is 0 Å². The molecule has 1 atom stereocenters. The van der Waals surface area contributed by atoms with Crippen LogP contribution >= 0.6 is 11.3 Å². The zero-order valence-electron chi connectivity index (χ0n) is 15.9. The Kier molecular flexibility index (Phi) is 6.66. The monoisotopic (exact) mass is 485 g/mol. The third kappa shape index (κ3) is 4.22. The van der Waals surface area contributed by atoms with Gasteiger partial charge in [-0.15, -0.1) is 11.3 Å². The van der Waals surface area contributed by atoms with Crippen molar-refractivity contribution in [1.29, 1.82) is 0 Å². The molecular weight excluding hydrogens is 469 g/mol. The molecule has 0 aliphatic heterocycles. The van der Waals surface area contributed by atoms with Crippen LogP contribution < -0.4 is 5.32 Å². The lowest BCUT2D eigenvalue weighted by molar-refractivity contribution is -0.388. The van der Waals surface area contributed by atoms with E-state index in [0.717, 1.165) is 0 Å². The van der Waals surface area contributed by atoms with Crippen LogP contribution in [0.5, 0.6) is 0 Å². The van der Waals surface area contributed by atoms with Gasteiger partial charge in [-0.3, -0.25) is 4.79 Å². The minimum atomic E-state index is -7.20. The molecule has 0 bridgehead atoms. The van der Waals surface area contributed by atoms with Gasteiger partial charge in [-0.2, -0.15) is 39.5 Å². The maximum Gasteiger partial charge on any atom is 0.460 e. The van der Waals surface area contributed by atoms with Crippen molar-refractivity contribution in [3.05, 3.63) is 16.0 Å². The van der Waals surface area contributed by atoms with Gasteiger partial charge < -0.3 is 10.1 Å². The number of ether oxygens (including phenoxy) is 1. The van der Waals surface area contributed by atoms with Crippen molar-refractivity contribution in [2.75, 3.05) is 11.9 Å². The summed E-state index contributed by atoms with van der Waals surface area (Å²) in [6, 6.07) is 0. The van der Waals surface area contributed by atoms with Crippen molar-refractivity contribution >= 4 is 28.2 Å². The largest absolute Gasteiger partial charge is 0.462 e. The topological polar surface area (TPSA) is 55.4 Å². The highest BCUT2D eigenvalue weighted by atomic mass is 32.1. The molecular formula is C17H16F9NO3S. The number of fused-ring (bicyclic) bond motifs is 1. The fourth-order valence-electron chi connectivity index (χ4n) is 2.96. The van der Waals surface area contributed by atoms with E-state index in [9.17, 15) is 49.1 Å². The first kappa shape index (κ1) is 25.3. The number of carbonyl (C=O) groups excluding carboxylic acids is 2. The SMILES string of the molecule is CCOC(=O)c1c(NC(=O)C(F)(F)C(F)(F)C(F)(F)C(F)(F)F)sc2c1CCC(C)C2. The van der Waals surface area contributed by atoms with E-state index in [1.807, 2.05) is 6.92 Å². The van der Waals surface area contributed by atoms with Crippen LogP contribution in [-0.4, -0.2) is 42.4 Å². The Labute approximate surface area is 173 Å². The molecule has 2 rings (SSSR count). The average Bonchev–Trinajstić information content (AvgIpc) is 2.97. The third-order valence-corrected chi connectivity index (χ3v) is 5.82. The number of thiophene rings is 1. The maximum atomic E-state index is 13.9. The van der Waals surface area contributed by atoms with E-state index in [1.165, 1.54) is 12.2 Å². The van der Waals surface area contributed by atoms with Crippen LogP contribution in [0, 0.1) is 5.92 Å². The first-order chi connectivity index (χ1) is 14.0. The summed E-state index contributed by atoms with van der Waals surface area (Å²) >= 11 is 0.567. The molecule has 1 N–H and O–H groups in total. The van der Waals surface area contributed by atoms with E-state index >= 15 is 0 Å². The van der Waals surface area contributed by atoms with Crippen molar-refractivity contribution in [1.82, 2.24) is 0 Å². The first-order valence-corrected chi connectivity index (χ1v) is 9.63. The van der Waals surface area contributed by atoms with Crippen molar-refractivity contribution < 1.29 is 53.8 Å². The molecule has 31 heavy (non-hydrogen) atoms. The van der Waals surface area contributed by atoms with Gasteiger partial charge in [-0.05, 0) is 37.7 Å². The summed E-state index contributed by atoms with van der Waals surface area (Å²) in [7, 11) is 0. The molecule has 1 aliphatic carbocycles. The molecule has 176 valence electrons. The molecule has 4 nitrogen and oxygen atoms in total. The second-order valence-corrected chi connectivity index (χ2v) is 8.06. The lowest BCUT2D eigenvalue weighted by Gasteiger charge is -2.32. The maximum absolute atomic E-state index is 13.9. The molecule has 1 aromatic rings. The molecule has 1 aromatic heterocycles. The highest BCUT2D eigenvalue weighted by Crippen LogP contribution is 2.53. The van der Waals surface area contributed by atoms with Crippen LogP contribution in [0.25, 0.3) is 0 Å². The van der Waals surface area contributed by atoms with Crippen LogP contribution in [0.2, 0.25) is 0 Å². The molecule has 1 amide bonds. The molecule has 0 saturated carbocycles. The van der Waals surface area contributed by atoms with Crippen LogP contribution in [0.3, 0.4) is 0 Å². The molecule has 1 aliphatic rings. The second kappa shape index (κ2) is 8.17. The van der Waals surface area contributed by atoms with E-state index < -0.39 is 46.4 Å². The average molecular weight is 485 g/mol. The van der Waals surface area contributed by atoms with Gasteiger partial charge in [0.05, 0.1) is 12.2 Å². The van der Waals surface area contributed by atoms with Crippen molar-refractivity contribution in [3.63, 3.8) is 0 Å². The number of hydrogen-bond donors (Lipinski definition) is 1. The minimum absolute atomic E-state index is 0.0981. The summed E-state index contributed by atoms with van der Waals surface area (Å²) in [5, 5.41) is 0.553. The molecule has 1 unspecified atom stereocenters. The number of rotatable bonds is 6. The Morgan fingerprint density at radius 1 is 1.06 bits per heavy atom. The molecule has 0 spiro atoms. The van der Waals surface area contributed by atoms with Gasteiger partial charge in [0, 0.05) is 4.88 Å². The highest BCUT2D eigenvalue weighted by Gasteiger charge is 2.83. The molecule has 14 heteroatoms. The predicted octanol–water partition coefficient (Wildman–Crippen LogP) is 5.46. The number of carbonyl (C=O) groups is 2. The number of nitrogens with one attached hydrogen (secondary N) is 1. The first-order valence-electron chi connectivity index (χ1n) is 8.82. The Hall–Kier alpha value is -1.99. The van der Waals surface area contributed by atoms with Crippen LogP contribution in [0.15, 0.2) is 0 Å². The standard InChI is InChI=1S/C17H16F9NO3S/c1-3-30-12(28)10-8-5-4-7(2)6-9(8)31-11(10)27-13(29)14(18,19)15(20,21)16(22,23)17(24,25)26/h7H,3-6H2,1-2H3,(H,27,29). The molecule has 0 fully saturated rings. The van der Waals surface area contributed by atoms with Gasteiger partial charge in [-0.25, -0.2) is 4.79 Å². The normalized spacial score (nSPS) is 17.8. The molecule has 0 aromatic carbocycles. The van der Waals surface area contributed by atoms with Gasteiger partial charge in [-0.1, -0.05) is 6.92 Å². The van der Waals surface area contributed by atoms with Crippen molar-refractivity contribution in [3.8, 4) is 0 Å². The van der Waals surface area contributed by atoms with Crippen molar-refractivity contribution in [2.45, 2.75) is 57.1 Å². The Morgan fingerprint density at radius 3 is 2.16 bits per heavy atom. The van der Waals surface area contributed by atoms with Gasteiger partial charge >= 0.3 is 35.8 Å². The summed E-state index contributed by atoms with van der Waals surface area (Å²) in [6.45, 7) is 3.07. The molecule has 0 radical (unpaired) electrons. The van der Waals surface area contributed by atoms with Crippen LogP contribution in [0.4, 0.5) is 44.5 Å². The van der Waals surface area contributed by atoms with Crippen LogP contribution in [0.1, 0.15) is 41.1 Å². The third-order valence-electron chi connectivity index (χ3n) is 4.65. The summed E-state index contributed by atoms with van der Waals surface area (Å²) in [6.07, 6.45) is -5.87. The quantitative estimate of drug-likeness (QED) is 0.431. The van der Waals surface area contributed by atoms with E-state index in [0.29, 0.717) is 34.6 Å². The van der Waals surface area contributed by atoms with Crippen LogP contribution in [-0.2, 0) is 22.4 Å². The second-order valence-electron chi connectivity index (χ2n) is 6.95. The van der Waals surface area contributed by atoms with Gasteiger partial charge in [0.1, 0.15) is 5.00 Å². The number of amides is 1. The summed E-state index contributed by atoms with van der Waals surface area (Å²) < 4.78 is 122. The predicted molar refractivity (Wildman–Crippen MR) is 91.0 cm³/mol. The number of alkyl halides is 9. The highest BCUT2D eigenvalue weighted by molar-refractivity contribution is 7.17. The molecule has 1 heterocycles. The Morgan fingerprint density at radius 2 is 1.65 bits per heavy atom. The fraction of sp³-hybridized carbons (Fsp3) is 0.647. The number of halogens is 9. The van der Waals surface area contributed by atoms with Gasteiger partial charge in [0.25, 0.3) is 0 Å². The summed E-state index contributed by atoms with van der Waals surface area (Å²) in [4.78, 5) is 24.5. The fourth-order valence-corrected chi connectivity index (χ4v) is 4.35. The zero-order chi connectivity index (χ0) is 24.0. The molecule has 0 saturated heterocycles. The Bertz CT molecular complexity index is 864. The van der Waals surface area contributed by atoms with E-state index in [2.05, 4.69) is 0 Å². The van der Waals surface area contributed by atoms with E-state index in [4.69, 9.17) is 4.74 Å². The zero-order valence-corrected chi connectivity index (χ0v) is 16.8. The Balaban J connectivity index is 2.46. The smallest absolute Gasteiger partial charge is 0.460 e. The lowest BCUT2D eigenvalue weighted by atomic mass is 9.88.